The van der Waals surface area contributed by atoms with Crippen LogP contribution in [0.1, 0.15) is 9.67 Å². The molecule has 0 spiro atoms. The van der Waals surface area contributed by atoms with Gasteiger partial charge in [-0.15, -0.1) is 11.3 Å². The molecule has 0 aromatic carbocycles. The molecule has 1 atom stereocenters. The van der Waals surface area contributed by atoms with Crippen LogP contribution in [0.3, 0.4) is 0 Å². The number of thiophene rings is 1. The second-order valence-corrected chi connectivity index (χ2v) is 4.63. The van der Waals surface area contributed by atoms with Gasteiger partial charge in [-0.3, -0.25) is 0 Å². The van der Waals surface area contributed by atoms with E-state index in [0.29, 0.717) is 23.7 Å². The fourth-order valence-electron chi connectivity index (χ4n) is 1.36. The number of hydrogen-bond acceptors (Lipinski definition) is 7. The molecule has 1 heterocycles. The Labute approximate surface area is 110 Å². The number of esters is 1. The Morgan fingerprint density at radius 3 is 2.78 bits per heavy atom. The number of anilines is 2. The van der Waals surface area contributed by atoms with Gasteiger partial charge in [0, 0.05) is 20.8 Å². The number of hydrogen-bond donors (Lipinski definition) is 2. The third-order valence-corrected chi connectivity index (χ3v) is 3.41. The summed E-state index contributed by atoms with van der Waals surface area (Å²) in [4.78, 5) is 11.8. The molecule has 0 aliphatic rings. The van der Waals surface area contributed by atoms with Crippen molar-refractivity contribution in [3.63, 3.8) is 0 Å². The molecule has 6 nitrogen and oxygen atoms in total. The summed E-state index contributed by atoms with van der Waals surface area (Å²) in [6.07, 6.45) is -0.0556. The smallest absolute Gasteiger partial charge is 0.350 e. The fourth-order valence-corrected chi connectivity index (χ4v) is 2.26. The second-order valence-electron chi connectivity index (χ2n) is 3.58. The Bertz CT molecular complexity index is 394. The van der Waals surface area contributed by atoms with Crippen molar-refractivity contribution < 1.29 is 19.0 Å². The molecular formula is C11H18N2O4S. The first-order valence-corrected chi connectivity index (χ1v) is 6.17. The maximum atomic E-state index is 11.4. The lowest BCUT2D eigenvalue weighted by Gasteiger charge is -2.14. The summed E-state index contributed by atoms with van der Waals surface area (Å²) in [7, 11) is 4.56. The summed E-state index contributed by atoms with van der Waals surface area (Å²) in [6, 6.07) is 1.70. The van der Waals surface area contributed by atoms with Crippen LogP contribution in [-0.4, -0.2) is 46.6 Å². The zero-order valence-electron chi connectivity index (χ0n) is 10.7. The van der Waals surface area contributed by atoms with Crippen LogP contribution in [0.25, 0.3) is 0 Å². The van der Waals surface area contributed by atoms with Gasteiger partial charge >= 0.3 is 5.97 Å². The maximum absolute atomic E-state index is 11.4. The van der Waals surface area contributed by atoms with Crippen molar-refractivity contribution in [3.05, 3.63) is 10.9 Å². The summed E-state index contributed by atoms with van der Waals surface area (Å²) >= 11 is 1.26. The Hall–Kier alpha value is -1.31. The average Bonchev–Trinajstić information content (AvgIpc) is 2.74. The Morgan fingerprint density at radius 1 is 1.50 bits per heavy atom. The van der Waals surface area contributed by atoms with Crippen LogP contribution < -0.4 is 11.1 Å². The monoisotopic (exact) mass is 274 g/mol. The molecule has 0 amide bonds. The van der Waals surface area contributed by atoms with Crippen LogP contribution >= 0.6 is 11.3 Å². The van der Waals surface area contributed by atoms with Crippen LogP contribution in [0.4, 0.5) is 10.7 Å². The van der Waals surface area contributed by atoms with E-state index >= 15 is 0 Å². The highest BCUT2D eigenvalue weighted by atomic mass is 32.1. The highest BCUT2D eigenvalue weighted by Gasteiger charge is 2.15. The Balaban J connectivity index is 2.60. The van der Waals surface area contributed by atoms with E-state index in [4.69, 9.17) is 15.2 Å². The average molecular weight is 274 g/mol. The molecule has 0 aliphatic carbocycles. The van der Waals surface area contributed by atoms with Crippen LogP contribution in [0.15, 0.2) is 6.07 Å². The van der Waals surface area contributed by atoms with Crippen molar-refractivity contribution >= 4 is 28.0 Å². The molecule has 0 saturated carbocycles. The summed E-state index contributed by atoms with van der Waals surface area (Å²) in [5, 5.41) is 3.94. The van der Waals surface area contributed by atoms with Gasteiger partial charge in [-0.1, -0.05) is 0 Å². The van der Waals surface area contributed by atoms with E-state index in [1.54, 1.807) is 20.3 Å². The van der Waals surface area contributed by atoms with Gasteiger partial charge < -0.3 is 25.3 Å². The van der Waals surface area contributed by atoms with E-state index in [2.05, 4.69) is 10.1 Å². The van der Waals surface area contributed by atoms with Gasteiger partial charge in [-0.25, -0.2) is 4.79 Å². The quantitative estimate of drug-likeness (QED) is 0.727. The lowest BCUT2D eigenvalue weighted by Crippen LogP contribution is -2.26. The first-order valence-electron chi connectivity index (χ1n) is 5.35. The van der Waals surface area contributed by atoms with Crippen LogP contribution in [0.5, 0.6) is 0 Å². The zero-order chi connectivity index (χ0) is 13.5. The van der Waals surface area contributed by atoms with Crippen molar-refractivity contribution in [1.82, 2.24) is 0 Å². The number of carbonyl (C=O) groups excluding carboxylic acids is 1. The molecule has 1 aromatic rings. The molecule has 1 rings (SSSR count). The van der Waals surface area contributed by atoms with Crippen LogP contribution in [0, 0.1) is 0 Å². The number of nitrogens with two attached hydrogens (primary N) is 1. The third kappa shape index (κ3) is 3.86. The summed E-state index contributed by atoms with van der Waals surface area (Å²) in [5.74, 6) is -0.425. The van der Waals surface area contributed by atoms with Gasteiger partial charge in [0.25, 0.3) is 0 Å². The highest BCUT2D eigenvalue weighted by molar-refractivity contribution is 7.18. The number of nitrogen functional groups attached to an aromatic ring is 1. The van der Waals surface area contributed by atoms with Crippen molar-refractivity contribution in [1.29, 1.82) is 0 Å². The Morgan fingerprint density at radius 2 is 2.22 bits per heavy atom. The van der Waals surface area contributed by atoms with E-state index in [1.807, 2.05) is 0 Å². The molecule has 0 radical (unpaired) electrons. The predicted octanol–water partition coefficient (Wildman–Crippen LogP) is 1.19. The minimum absolute atomic E-state index is 0.0556. The SMILES string of the molecule is COCC(CNc1cc(N)c(C(=O)OC)s1)OC. The van der Waals surface area contributed by atoms with Gasteiger partial charge in [-0.2, -0.15) is 0 Å². The van der Waals surface area contributed by atoms with Crippen molar-refractivity contribution in [2.45, 2.75) is 6.10 Å². The number of rotatable bonds is 7. The standard InChI is InChI=1S/C11H18N2O4S/c1-15-6-7(16-2)5-13-9-4-8(12)10(18-9)11(14)17-3/h4,7,13H,5-6,12H2,1-3H3. The normalized spacial score (nSPS) is 12.2. The van der Waals surface area contributed by atoms with Gasteiger partial charge in [0.2, 0.25) is 0 Å². The largest absolute Gasteiger partial charge is 0.465 e. The first kappa shape index (κ1) is 14.7. The van der Waals surface area contributed by atoms with Crippen LogP contribution in [0.2, 0.25) is 0 Å². The fraction of sp³-hybridized carbons (Fsp3) is 0.545. The number of carbonyl (C=O) groups is 1. The highest BCUT2D eigenvalue weighted by Crippen LogP contribution is 2.29. The zero-order valence-corrected chi connectivity index (χ0v) is 11.5. The maximum Gasteiger partial charge on any atom is 0.350 e. The summed E-state index contributed by atoms with van der Waals surface area (Å²) in [5.41, 5.74) is 6.14. The predicted molar refractivity (Wildman–Crippen MR) is 71.2 cm³/mol. The van der Waals surface area contributed by atoms with E-state index in [9.17, 15) is 4.79 Å². The minimum atomic E-state index is -0.425. The lowest BCUT2D eigenvalue weighted by molar-refractivity contribution is 0.0366. The molecular weight excluding hydrogens is 256 g/mol. The lowest BCUT2D eigenvalue weighted by atomic mass is 10.3. The summed E-state index contributed by atoms with van der Waals surface area (Å²) < 4.78 is 14.9. The molecule has 7 heteroatoms. The molecule has 18 heavy (non-hydrogen) atoms. The number of ether oxygens (including phenoxy) is 3. The number of methoxy groups -OCH3 is 3. The molecule has 0 bridgehead atoms. The van der Waals surface area contributed by atoms with Crippen molar-refractivity contribution in [2.75, 3.05) is 45.5 Å². The molecule has 1 unspecified atom stereocenters. The number of nitrogens with one attached hydrogen (secondary N) is 1. The van der Waals surface area contributed by atoms with E-state index in [1.165, 1.54) is 18.4 Å². The van der Waals surface area contributed by atoms with E-state index in [0.717, 1.165) is 5.00 Å². The molecule has 1 aromatic heterocycles. The van der Waals surface area contributed by atoms with Crippen LogP contribution in [-0.2, 0) is 14.2 Å². The molecule has 3 N–H and O–H groups in total. The molecule has 0 aliphatic heterocycles. The Kier molecular flexibility index (Phi) is 5.90. The minimum Gasteiger partial charge on any atom is -0.465 e. The molecule has 102 valence electrons. The van der Waals surface area contributed by atoms with Gasteiger partial charge in [0.05, 0.1) is 30.5 Å². The summed E-state index contributed by atoms with van der Waals surface area (Å²) in [6.45, 7) is 1.07. The van der Waals surface area contributed by atoms with Crippen molar-refractivity contribution in [3.8, 4) is 0 Å². The molecule has 0 saturated heterocycles. The first-order chi connectivity index (χ1) is 8.62. The molecule has 0 fully saturated rings. The van der Waals surface area contributed by atoms with Gasteiger partial charge in [0.1, 0.15) is 4.88 Å². The van der Waals surface area contributed by atoms with Crippen molar-refractivity contribution in [2.24, 2.45) is 0 Å². The van der Waals surface area contributed by atoms with Gasteiger partial charge in [0.15, 0.2) is 0 Å². The van der Waals surface area contributed by atoms with Gasteiger partial charge in [-0.05, 0) is 6.07 Å². The van der Waals surface area contributed by atoms with E-state index < -0.39 is 5.97 Å². The third-order valence-electron chi connectivity index (χ3n) is 2.32. The topological polar surface area (TPSA) is 82.8 Å². The second kappa shape index (κ2) is 7.20. The van der Waals surface area contributed by atoms with E-state index in [-0.39, 0.29) is 6.10 Å².